The van der Waals surface area contributed by atoms with E-state index in [4.69, 9.17) is 9.47 Å². The number of hydrogen-bond acceptors (Lipinski definition) is 4. The summed E-state index contributed by atoms with van der Waals surface area (Å²) in [5.41, 5.74) is 0.674. The number of amides is 2. The largest absolute Gasteiger partial charge is 0.491 e. The van der Waals surface area contributed by atoms with Gasteiger partial charge in [0.25, 0.3) is 0 Å². The normalized spacial score (nSPS) is 17.2. The molecule has 0 bridgehead atoms. The van der Waals surface area contributed by atoms with E-state index in [1.54, 1.807) is 18.1 Å². The van der Waals surface area contributed by atoms with Crippen molar-refractivity contribution in [3.8, 4) is 5.75 Å². The minimum atomic E-state index is -0.383. The first-order valence-corrected chi connectivity index (χ1v) is 8.97. The second kappa shape index (κ2) is 10.0. The summed E-state index contributed by atoms with van der Waals surface area (Å²) in [6, 6.07) is 6.89. The van der Waals surface area contributed by atoms with E-state index in [0.29, 0.717) is 44.0 Å². The fourth-order valence-corrected chi connectivity index (χ4v) is 2.99. The second-order valence-electron chi connectivity index (χ2n) is 6.21. The molecule has 1 aromatic rings. The van der Waals surface area contributed by atoms with E-state index < -0.39 is 0 Å². The Kier molecular flexibility index (Phi) is 7.73. The molecule has 1 unspecified atom stereocenters. The zero-order valence-corrected chi connectivity index (χ0v) is 15.1. The van der Waals surface area contributed by atoms with Gasteiger partial charge in [-0.1, -0.05) is 13.0 Å². The van der Waals surface area contributed by atoms with Gasteiger partial charge >= 0.3 is 0 Å². The Morgan fingerprint density at radius 2 is 2.12 bits per heavy atom. The third-order valence-corrected chi connectivity index (χ3v) is 4.25. The highest BCUT2D eigenvalue weighted by Crippen LogP contribution is 2.22. The summed E-state index contributed by atoms with van der Waals surface area (Å²) >= 11 is 0. The smallest absolute Gasteiger partial charge is 0.247 e. The molecule has 0 radical (unpaired) electrons. The van der Waals surface area contributed by atoms with Crippen LogP contribution in [0.25, 0.3) is 0 Å². The Hall–Kier alpha value is -2.08. The lowest BCUT2D eigenvalue weighted by molar-refractivity contribution is -0.140. The predicted molar refractivity (Wildman–Crippen MR) is 96.7 cm³/mol. The van der Waals surface area contributed by atoms with Crippen LogP contribution in [-0.2, 0) is 14.3 Å². The molecular formula is C19H28N2O4. The van der Waals surface area contributed by atoms with Gasteiger partial charge in [-0.25, -0.2) is 0 Å². The summed E-state index contributed by atoms with van der Waals surface area (Å²) < 4.78 is 10.5. The molecule has 0 aliphatic carbocycles. The van der Waals surface area contributed by atoms with Crippen LogP contribution in [0.4, 0.5) is 5.69 Å². The summed E-state index contributed by atoms with van der Waals surface area (Å²) in [6.07, 6.45) is 3.93. The van der Waals surface area contributed by atoms with Crippen LogP contribution in [0.3, 0.4) is 0 Å². The molecule has 2 amide bonds. The fraction of sp³-hybridized carbons (Fsp3) is 0.579. The number of nitrogens with zero attached hydrogens (tertiary/aromatic N) is 1. The highest BCUT2D eigenvalue weighted by atomic mass is 16.5. The van der Waals surface area contributed by atoms with Gasteiger partial charge in [0, 0.05) is 31.8 Å². The molecule has 0 aromatic heterocycles. The monoisotopic (exact) mass is 348 g/mol. The van der Waals surface area contributed by atoms with Gasteiger partial charge in [0.05, 0.1) is 6.61 Å². The molecule has 1 aliphatic heterocycles. The lowest BCUT2D eigenvalue weighted by Gasteiger charge is -2.34. The minimum Gasteiger partial charge on any atom is -0.491 e. The van der Waals surface area contributed by atoms with Gasteiger partial charge in [0.1, 0.15) is 18.4 Å². The first-order chi connectivity index (χ1) is 12.2. The van der Waals surface area contributed by atoms with Gasteiger partial charge in [-0.2, -0.15) is 0 Å². The Balaban J connectivity index is 1.99. The van der Waals surface area contributed by atoms with E-state index in [9.17, 15) is 9.59 Å². The number of nitrogens with one attached hydrogen (secondary N) is 1. The predicted octanol–water partition coefficient (Wildman–Crippen LogP) is 2.83. The van der Waals surface area contributed by atoms with Crippen LogP contribution in [0, 0.1) is 0 Å². The van der Waals surface area contributed by atoms with E-state index in [1.165, 1.54) is 0 Å². The van der Waals surface area contributed by atoms with Crippen molar-refractivity contribution < 1.29 is 19.1 Å². The molecule has 6 heteroatoms. The molecule has 2 rings (SSSR count). The van der Waals surface area contributed by atoms with Crippen LogP contribution in [-0.4, -0.2) is 49.6 Å². The van der Waals surface area contributed by atoms with Gasteiger partial charge in [-0.3, -0.25) is 9.59 Å². The Bertz CT molecular complexity index is 576. The van der Waals surface area contributed by atoms with Crippen molar-refractivity contribution in [1.29, 1.82) is 0 Å². The molecule has 6 nitrogen and oxygen atoms in total. The van der Waals surface area contributed by atoms with Crippen molar-refractivity contribution in [3.05, 3.63) is 24.3 Å². The maximum absolute atomic E-state index is 12.7. The van der Waals surface area contributed by atoms with E-state index in [1.807, 2.05) is 25.1 Å². The molecule has 1 fully saturated rings. The first-order valence-electron chi connectivity index (χ1n) is 8.97. The molecule has 0 spiro atoms. The maximum Gasteiger partial charge on any atom is 0.247 e. The molecule has 138 valence electrons. The Morgan fingerprint density at radius 3 is 2.88 bits per heavy atom. The number of carbonyl (C=O) groups excluding carboxylic acids is 2. The number of ether oxygens (including phenoxy) is 2. The summed E-state index contributed by atoms with van der Waals surface area (Å²) in [6.45, 7) is 3.60. The SMILES string of the molecule is CCCC(=O)N1CCCCC1C(=O)Nc1cccc(OCCOC)c1. The highest BCUT2D eigenvalue weighted by molar-refractivity contribution is 5.97. The molecule has 0 saturated carbocycles. The van der Waals surface area contributed by atoms with Crippen LogP contribution in [0.15, 0.2) is 24.3 Å². The summed E-state index contributed by atoms with van der Waals surface area (Å²) in [7, 11) is 1.62. The van der Waals surface area contributed by atoms with Gasteiger partial charge < -0.3 is 19.7 Å². The van der Waals surface area contributed by atoms with Gasteiger partial charge in [-0.15, -0.1) is 0 Å². The number of anilines is 1. The Morgan fingerprint density at radius 1 is 1.28 bits per heavy atom. The molecular weight excluding hydrogens is 320 g/mol. The highest BCUT2D eigenvalue weighted by Gasteiger charge is 2.31. The average molecular weight is 348 g/mol. The van der Waals surface area contributed by atoms with Crippen molar-refractivity contribution >= 4 is 17.5 Å². The van der Waals surface area contributed by atoms with Gasteiger partial charge in [-0.05, 0) is 37.8 Å². The maximum atomic E-state index is 12.7. The third kappa shape index (κ3) is 5.74. The lowest BCUT2D eigenvalue weighted by atomic mass is 10.0. The average Bonchev–Trinajstić information content (AvgIpc) is 2.62. The van der Waals surface area contributed by atoms with Crippen molar-refractivity contribution in [3.63, 3.8) is 0 Å². The first kappa shape index (κ1) is 19.2. The third-order valence-electron chi connectivity index (χ3n) is 4.25. The molecule has 25 heavy (non-hydrogen) atoms. The second-order valence-corrected chi connectivity index (χ2v) is 6.21. The number of hydrogen-bond donors (Lipinski definition) is 1. The molecule has 1 N–H and O–H groups in total. The molecule has 1 saturated heterocycles. The van der Waals surface area contributed by atoms with E-state index in [2.05, 4.69) is 5.32 Å². The van der Waals surface area contributed by atoms with E-state index >= 15 is 0 Å². The number of carbonyl (C=O) groups is 2. The molecule has 1 aromatic carbocycles. The summed E-state index contributed by atoms with van der Waals surface area (Å²) in [5.74, 6) is 0.620. The van der Waals surface area contributed by atoms with Gasteiger partial charge in [0.2, 0.25) is 11.8 Å². The van der Waals surface area contributed by atoms with Crippen LogP contribution in [0.2, 0.25) is 0 Å². The molecule has 1 heterocycles. The number of benzene rings is 1. The van der Waals surface area contributed by atoms with Crippen LogP contribution < -0.4 is 10.1 Å². The number of methoxy groups -OCH3 is 1. The van der Waals surface area contributed by atoms with Gasteiger partial charge in [0.15, 0.2) is 0 Å². The minimum absolute atomic E-state index is 0.0685. The standard InChI is InChI=1S/C19H28N2O4/c1-3-7-18(22)21-11-5-4-10-17(21)19(23)20-15-8-6-9-16(14-15)25-13-12-24-2/h6,8-9,14,17H,3-5,7,10-13H2,1-2H3,(H,20,23). The van der Waals surface area contributed by atoms with Crippen molar-refractivity contribution in [2.75, 3.05) is 32.2 Å². The van der Waals surface area contributed by atoms with Crippen LogP contribution in [0.5, 0.6) is 5.75 Å². The quantitative estimate of drug-likeness (QED) is 0.734. The number of rotatable bonds is 8. The van der Waals surface area contributed by atoms with E-state index in [-0.39, 0.29) is 17.9 Å². The summed E-state index contributed by atoms with van der Waals surface area (Å²) in [5, 5.41) is 2.93. The summed E-state index contributed by atoms with van der Waals surface area (Å²) in [4.78, 5) is 26.7. The fourth-order valence-electron chi connectivity index (χ4n) is 2.99. The van der Waals surface area contributed by atoms with E-state index in [0.717, 1.165) is 19.3 Å². The van der Waals surface area contributed by atoms with Crippen LogP contribution >= 0.6 is 0 Å². The van der Waals surface area contributed by atoms with Crippen molar-refractivity contribution in [2.45, 2.75) is 45.1 Å². The zero-order valence-electron chi connectivity index (χ0n) is 15.1. The number of piperidine rings is 1. The van der Waals surface area contributed by atoms with Crippen LogP contribution in [0.1, 0.15) is 39.0 Å². The number of likely N-dealkylation sites (tertiary alicyclic amines) is 1. The van der Waals surface area contributed by atoms with Crippen molar-refractivity contribution in [2.24, 2.45) is 0 Å². The molecule has 1 atom stereocenters. The topological polar surface area (TPSA) is 67.9 Å². The Labute approximate surface area is 149 Å². The lowest BCUT2D eigenvalue weighted by Crippen LogP contribution is -2.49. The zero-order chi connectivity index (χ0) is 18.1. The van der Waals surface area contributed by atoms with Crippen molar-refractivity contribution in [1.82, 2.24) is 4.90 Å². The molecule has 1 aliphatic rings.